The van der Waals surface area contributed by atoms with E-state index in [4.69, 9.17) is 13.6 Å². The number of hydrogen-bond donors (Lipinski definition) is 1. The lowest BCUT2D eigenvalue weighted by molar-refractivity contribution is 0.0700. The van der Waals surface area contributed by atoms with Crippen LogP contribution in [0.2, 0.25) is 0 Å². The van der Waals surface area contributed by atoms with Gasteiger partial charge in [0.25, 0.3) is 5.91 Å². The van der Waals surface area contributed by atoms with E-state index < -0.39 is 5.97 Å². The predicted octanol–water partition coefficient (Wildman–Crippen LogP) is 5.04. The lowest BCUT2D eigenvalue weighted by Gasteiger charge is -2.13. The Bertz CT molecular complexity index is 1460. The highest BCUT2D eigenvalue weighted by atomic mass is 16.5. The van der Waals surface area contributed by atoms with Crippen molar-refractivity contribution in [1.29, 1.82) is 0 Å². The highest BCUT2D eigenvalue weighted by Crippen LogP contribution is 2.31. The fourth-order valence-corrected chi connectivity index (χ4v) is 4.22. The molecule has 1 aliphatic rings. The maximum Gasteiger partial charge on any atom is 0.380 e. The first kappa shape index (κ1) is 21.6. The molecule has 0 saturated carbocycles. The minimum atomic E-state index is -0.597. The normalized spacial score (nSPS) is 14.3. The molecule has 3 aromatic heterocycles. The summed E-state index contributed by atoms with van der Waals surface area (Å²) in [5, 5.41) is 5.22. The molecule has 0 radical (unpaired) electrons. The van der Waals surface area contributed by atoms with Gasteiger partial charge in [0.1, 0.15) is 17.0 Å². The Labute approximate surface area is 195 Å². The molecule has 0 saturated heterocycles. The van der Waals surface area contributed by atoms with Crippen LogP contribution < -0.4 is 10.2 Å². The van der Waals surface area contributed by atoms with Crippen LogP contribution in [0, 0.1) is 20.8 Å². The topological polar surface area (TPSA) is 107 Å². The average molecular weight is 457 g/mol. The van der Waals surface area contributed by atoms with Gasteiger partial charge in [-0.05, 0) is 51.8 Å². The minimum absolute atomic E-state index is 0.126. The molecule has 0 atom stereocenters. The number of benzene rings is 1. The van der Waals surface area contributed by atoms with Gasteiger partial charge < -0.3 is 13.6 Å². The van der Waals surface area contributed by atoms with Gasteiger partial charge in [-0.15, -0.1) is 0 Å². The van der Waals surface area contributed by atoms with Crippen molar-refractivity contribution in [2.45, 2.75) is 40.0 Å². The number of hydrogen-bond acceptors (Lipinski definition) is 7. The second-order valence-electron chi connectivity index (χ2n) is 8.27. The number of carbonyl (C=O) groups excluding carboxylic acids is 2. The molecule has 8 nitrogen and oxygen atoms in total. The van der Waals surface area contributed by atoms with Crippen LogP contribution in [0.3, 0.4) is 0 Å². The summed E-state index contributed by atoms with van der Waals surface area (Å²) in [6.07, 6.45) is 3.58. The summed E-state index contributed by atoms with van der Waals surface area (Å²) in [7, 11) is 0. The van der Waals surface area contributed by atoms with Gasteiger partial charge in [0.15, 0.2) is 5.75 Å². The van der Waals surface area contributed by atoms with Crippen molar-refractivity contribution < 1.29 is 23.2 Å². The number of para-hydroxylation sites is 1. The molecule has 3 heterocycles. The standard InChI is InChI=1S/C26H23N3O5/c1-14-10-11-17-6-4-9-21(23(17)27-14)34-26(31)24-15(2)22-19(7-5-8-20(22)33-24)28-29-25(30)18-12-13-32-16(18)3/h4,6,9-13H,5,7-8H2,1-3H3,(H,29,30)/b28-19+. The third-order valence-electron chi connectivity index (χ3n) is 5.93. The van der Waals surface area contributed by atoms with E-state index in [0.717, 1.165) is 23.1 Å². The number of nitrogens with zero attached hydrogens (tertiary/aromatic N) is 2. The van der Waals surface area contributed by atoms with E-state index in [9.17, 15) is 9.59 Å². The van der Waals surface area contributed by atoms with Crippen LogP contribution in [-0.4, -0.2) is 22.6 Å². The second-order valence-corrected chi connectivity index (χ2v) is 8.27. The Balaban J connectivity index is 1.43. The van der Waals surface area contributed by atoms with Gasteiger partial charge in [0.05, 0.1) is 17.5 Å². The van der Waals surface area contributed by atoms with Crippen molar-refractivity contribution in [3.63, 3.8) is 0 Å². The average Bonchev–Trinajstić information content (AvgIpc) is 3.41. The predicted molar refractivity (Wildman–Crippen MR) is 125 cm³/mol. The lowest BCUT2D eigenvalue weighted by atomic mass is 9.93. The summed E-state index contributed by atoms with van der Waals surface area (Å²) in [5.74, 6) is 0.725. The first-order valence-electron chi connectivity index (χ1n) is 11.0. The van der Waals surface area contributed by atoms with Crippen LogP contribution in [-0.2, 0) is 6.42 Å². The quantitative estimate of drug-likeness (QED) is 0.261. The maximum atomic E-state index is 13.1. The highest BCUT2D eigenvalue weighted by molar-refractivity contribution is 6.07. The molecular weight excluding hydrogens is 434 g/mol. The van der Waals surface area contributed by atoms with Crippen molar-refractivity contribution >= 4 is 28.5 Å². The molecule has 1 aliphatic carbocycles. The van der Waals surface area contributed by atoms with E-state index in [1.807, 2.05) is 31.2 Å². The number of hydrazone groups is 1. The van der Waals surface area contributed by atoms with E-state index >= 15 is 0 Å². The molecule has 5 rings (SSSR count). The summed E-state index contributed by atoms with van der Waals surface area (Å²) in [6, 6.07) is 10.9. The number of fused-ring (bicyclic) bond motifs is 2. The number of rotatable bonds is 4. The number of esters is 1. The van der Waals surface area contributed by atoms with Crippen LogP contribution in [0.5, 0.6) is 5.75 Å². The summed E-state index contributed by atoms with van der Waals surface area (Å²) >= 11 is 0. The number of nitrogens with one attached hydrogen (secondary N) is 1. The van der Waals surface area contributed by atoms with Crippen LogP contribution >= 0.6 is 0 Å². The molecule has 1 aromatic carbocycles. The Kier molecular flexibility index (Phi) is 5.49. The van der Waals surface area contributed by atoms with Crippen LogP contribution in [0.1, 0.15) is 62.1 Å². The van der Waals surface area contributed by atoms with E-state index in [2.05, 4.69) is 15.5 Å². The van der Waals surface area contributed by atoms with Gasteiger partial charge in [0.2, 0.25) is 5.76 Å². The van der Waals surface area contributed by atoms with E-state index in [1.165, 1.54) is 6.26 Å². The zero-order valence-corrected chi connectivity index (χ0v) is 19.1. The monoisotopic (exact) mass is 457 g/mol. The third kappa shape index (κ3) is 3.87. The fourth-order valence-electron chi connectivity index (χ4n) is 4.22. The molecule has 1 amide bonds. The summed E-state index contributed by atoms with van der Waals surface area (Å²) in [5.41, 5.74) is 6.50. The zero-order chi connectivity index (χ0) is 23.8. The molecule has 1 N–H and O–H groups in total. The van der Waals surface area contributed by atoms with Crippen molar-refractivity contribution in [3.05, 3.63) is 82.3 Å². The molecule has 0 spiro atoms. The van der Waals surface area contributed by atoms with Crippen molar-refractivity contribution in [3.8, 4) is 5.75 Å². The highest BCUT2D eigenvalue weighted by Gasteiger charge is 2.29. The van der Waals surface area contributed by atoms with E-state index in [1.54, 1.807) is 26.0 Å². The second kappa shape index (κ2) is 8.62. The molecule has 0 aliphatic heterocycles. The number of aryl methyl sites for hydroxylation is 3. The zero-order valence-electron chi connectivity index (χ0n) is 19.1. The SMILES string of the molecule is Cc1ccc2cccc(OC(=O)c3oc4c(c3C)/C(=N/NC(=O)c3ccoc3C)CCC4)c2n1. The smallest absolute Gasteiger partial charge is 0.380 e. The van der Waals surface area contributed by atoms with Crippen molar-refractivity contribution in [2.75, 3.05) is 0 Å². The number of carbonyl (C=O) groups is 2. The van der Waals surface area contributed by atoms with Crippen LogP contribution in [0.15, 0.2) is 56.6 Å². The van der Waals surface area contributed by atoms with Crippen LogP contribution in [0.25, 0.3) is 10.9 Å². The minimum Gasteiger partial charge on any atom is -0.469 e. The van der Waals surface area contributed by atoms with Gasteiger partial charge in [0, 0.05) is 28.6 Å². The summed E-state index contributed by atoms with van der Waals surface area (Å²) < 4.78 is 16.8. The summed E-state index contributed by atoms with van der Waals surface area (Å²) in [6.45, 7) is 5.40. The van der Waals surface area contributed by atoms with E-state index in [0.29, 0.717) is 52.5 Å². The van der Waals surface area contributed by atoms with Gasteiger partial charge >= 0.3 is 5.97 Å². The van der Waals surface area contributed by atoms with Gasteiger partial charge in [-0.25, -0.2) is 15.2 Å². The Hall–Kier alpha value is -4.20. The number of furan rings is 2. The first-order valence-corrected chi connectivity index (χ1v) is 11.0. The molecule has 0 bridgehead atoms. The fraction of sp³-hybridized carbons (Fsp3) is 0.231. The maximum absolute atomic E-state index is 13.1. The van der Waals surface area contributed by atoms with Gasteiger partial charge in [-0.2, -0.15) is 5.10 Å². The van der Waals surface area contributed by atoms with Crippen LogP contribution in [0.4, 0.5) is 0 Å². The Morgan fingerprint density at radius 1 is 1.09 bits per heavy atom. The number of aromatic nitrogens is 1. The molecule has 0 unspecified atom stereocenters. The number of pyridine rings is 1. The van der Waals surface area contributed by atoms with Gasteiger partial charge in [-0.3, -0.25) is 4.79 Å². The van der Waals surface area contributed by atoms with Crippen molar-refractivity contribution in [1.82, 2.24) is 10.4 Å². The molecular formula is C26H23N3O5. The number of ether oxygens (including phenoxy) is 1. The molecule has 172 valence electrons. The Morgan fingerprint density at radius 2 is 1.94 bits per heavy atom. The molecule has 34 heavy (non-hydrogen) atoms. The summed E-state index contributed by atoms with van der Waals surface area (Å²) in [4.78, 5) is 30.0. The Morgan fingerprint density at radius 3 is 2.74 bits per heavy atom. The first-order chi connectivity index (χ1) is 16.4. The molecule has 0 fully saturated rings. The largest absolute Gasteiger partial charge is 0.469 e. The van der Waals surface area contributed by atoms with Crippen molar-refractivity contribution in [2.24, 2.45) is 5.10 Å². The lowest BCUT2D eigenvalue weighted by Crippen LogP contribution is -2.22. The molecule has 8 heteroatoms. The van der Waals surface area contributed by atoms with E-state index in [-0.39, 0.29) is 11.7 Å². The van der Waals surface area contributed by atoms with Gasteiger partial charge in [-0.1, -0.05) is 18.2 Å². The number of amides is 1. The third-order valence-corrected chi connectivity index (χ3v) is 5.93. The molecule has 4 aromatic rings.